The van der Waals surface area contributed by atoms with Crippen molar-refractivity contribution >= 4 is 17.7 Å². The summed E-state index contributed by atoms with van der Waals surface area (Å²) in [5.74, 6) is -2.08. The topological polar surface area (TPSA) is 128 Å². The summed E-state index contributed by atoms with van der Waals surface area (Å²) in [6.07, 6.45) is 0.336. The van der Waals surface area contributed by atoms with E-state index >= 15 is 0 Å². The molecular weight excluding hydrogens is 254 g/mol. The van der Waals surface area contributed by atoms with Gasteiger partial charge < -0.3 is 10.4 Å². The van der Waals surface area contributed by atoms with Crippen LogP contribution in [0.25, 0.3) is 0 Å². The Hall–Kier alpha value is -2.64. The number of amides is 3. The van der Waals surface area contributed by atoms with Gasteiger partial charge in [-0.25, -0.2) is 0 Å². The van der Waals surface area contributed by atoms with E-state index in [0.717, 1.165) is 12.1 Å². The number of aromatic amines is 1. The minimum Gasteiger partial charge on any atom is -0.494 e. The molecule has 1 aliphatic rings. The highest BCUT2D eigenvalue weighted by Crippen LogP contribution is 2.08. The zero-order chi connectivity index (χ0) is 14.0. The summed E-state index contributed by atoms with van der Waals surface area (Å²) in [5.41, 5.74) is -0.695. The van der Waals surface area contributed by atoms with Crippen molar-refractivity contribution in [2.24, 2.45) is 0 Å². The van der Waals surface area contributed by atoms with Crippen LogP contribution in [0.5, 0.6) is 5.88 Å². The van der Waals surface area contributed by atoms with Gasteiger partial charge >= 0.3 is 0 Å². The fraction of sp³-hybridized carbons (Fsp3) is 0.273. The molecule has 0 spiro atoms. The van der Waals surface area contributed by atoms with E-state index in [-0.39, 0.29) is 24.3 Å². The number of rotatable bonds is 2. The Bertz CT molecular complexity index is 607. The molecule has 4 N–H and O–H groups in total. The van der Waals surface area contributed by atoms with Crippen LogP contribution in [0.4, 0.5) is 0 Å². The Balaban J connectivity index is 2.11. The molecule has 1 aromatic rings. The average Bonchev–Trinajstić information content (AvgIpc) is 2.31. The van der Waals surface area contributed by atoms with Crippen molar-refractivity contribution in [1.82, 2.24) is 15.6 Å². The first-order chi connectivity index (χ1) is 8.95. The largest absolute Gasteiger partial charge is 0.494 e. The number of hydrogen-bond acceptors (Lipinski definition) is 5. The van der Waals surface area contributed by atoms with Crippen LogP contribution in [0.1, 0.15) is 23.2 Å². The van der Waals surface area contributed by atoms with Gasteiger partial charge in [-0.15, -0.1) is 0 Å². The standard InChI is InChI=1S/C11H11N3O5/c15-7-2-1-6(11(19)14-7)12-10(18)5-3-8(16)13-9(17)4-5/h3-4,6H,1-2H2,(H,12,18)(H2,13,16,17)(H,14,15,19). The quantitative estimate of drug-likeness (QED) is 0.490. The van der Waals surface area contributed by atoms with Gasteiger partial charge in [0.2, 0.25) is 11.8 Å². The van der Waals surface area contributed by atoms with Gasteiger partial charge in [0.1, 0.15) is 6.04 Å². The molecule has 1 aromatic heterocycles. The number of nitrogens with one attached hydrogen (secondary N) is 3. The van der Waals surface area contributed by atoms with E-state index in [2.05, 4.69) is 15.6 Å². The predicted molar refractivity (Wildman–Crippen MR) is 62.4 cm³/mol. The maximum atomic E-state index is 11.8. The lowest BCUT2D eigenvalue weighted by Crippen LogP contribution is -2.52. The number of carbonyl (C=O) groups excluding carboxylic acids is 3. The van der Waals surface area contributed by atoms with E-state index in [1.54, 1.807) is 0 Å². The fourth-order valence-corrected chi connectivity index (χ4v) is 1.73. The molecule has 1 atom stereocenters. The van der Waals surface area contributed by atoms with Crippen molar-refractivity contribution in [3.05, 3.63) is 28.0 Å². The van der Waals surface area contributed by atoms with Crippen LogP contribution in [0.2, 0.25) is 0 Å². The van der Waals surface area contributed by atoms with Crippen molar-refractivity contribution in [3.63, 3.8) is 0 Å². The van der Waals surface area contributed by atoms with Crippen LogP contribution >= 0.6 is 0 Å². The average molecular weight is 265 g/mol. The Morgan fingerprint density at radius 3 is 2.68 bits per heavy atom. The molecular formula is C11H11N3O5. The Kier molecular flexibility index (Phi) is 3.32. The first-order valence-corrected chi connectivity index (χ1v) is 5.53. The normalized spacial score (nSPS) is 18.8. The highest BCUT2D eigenvalue weighted by atomic mass is 16.3. The first kappa shape index (κ1) is 12.8. The molecule has 19 heavy (non-hydrogen) atoms. The first-order valence-electron chi connectivity index (χ1n) is 5.53. The third kappa shape index (κ3) is 2.97. The van der Waals surface area contributed by atoms with Crippen molar-refractivity contribution in [2.75, 3.05) is 0 Å². The maximum absolute atomic E-state index is 11.8. The van der Waals surface area contributed by atoms with Gasteiger partial charge in [0.15, 0.2) is 5.88 Å². The molecule has 2 heterocycles. The summed E-state index contributed by atoms with van der Waals surface area (Å²) in [6.45, 7) is 0. The molecule has 0 saturated carbocycles. The van der Waals surface area contributed by atoms with Gasteiger partial charge in [-0.05, 0) is 6.42 Å². The number of hydrogen-bond donors (Lipinski definition) is 4. The van der Waals surface area contributed by atoms with Gasteiger partial charge in [0.05, 0.1) is 5.56 Å². The lowest BCUT2D eigenvalue weighted by molar-refractivity contribution is -0.134. The molecule has 8 heteroatoms. The predicted octanol–water partition coefficient (Wildman–Crippen LogP) is -1.38. The summed E-state index contributed by atoms with van der Waals surface area (Å²) in [6, 6.07) is 1.25. The molecule has 2 rings (SSSR count). The third-order valence-electron chi connectivity index (χ3n) is 2.64. The van der Waals surface area contributed by atoms with Crippen molar-refractivity contribution in [1.29, 1.82) is 0 Å². The summed E-state index contributed by atoms with van der Waals surface area (Å²) in [5, 5.41) is 13.7. The maximum Gasteiger partial charge on any atom is 0.252 e. The van der Waals surface area contributed by atoms with Crippen molar-refractivity contribution < 1.29 is 19.5 Å². The zero-order valence-electron chi connectivity index (χ0n) is 9.73. The Morgan fingerprint density at radius 1 is 1.32 bits per heavy atom. The SMILES string of the molecule is O=C1CCC(NC(=O)c2cc(O)[nH]c(=O)c2)C(=O)N1. The molecule has 0 bridgehead atoms. The molecule has 3 amide bonds. The molecule has 1 saturated heterocycles. The van der Waals surface area contributed by atoms with Crippen LogP contribution in [0.3, 0.4) is 0 Å². The Labute approximate surface area is 106 Å². The second kappa shape index (κ2) is 4.92. The smallest absolute Gasteiger partial charge is 0.252 e. The monoisotopic (exact) mass is 265 g/mol. The van der Waals surface area contributed by atoms with Crippen LogP contribution < -0.4 is 16.2 Å². The Morgan fingerprint density at radius 2 is 2.05 bits per heavy atom. The van der Waals surface area contributed by atoms with Crippen LogP contribution in [-0.4, -0.2) is 33.9 Å². The van der Waals surface area contributed by atoms with Crippen LogP contribution in [0.15, 0.2) is 16.9 Å². The molecule has 0 aromatic carbocycles. The van der Waals surface area contributed by atoms with Crippen LogP contribution in [-0.2, 0) is 9.59 Å². The van der Waals surface area contributed by atoms with Crippen molar-refractivity contribution in [3.8, 4) is 5.88 Å². The summed E-state index contributed by atoms with van der Waals surface area (Å²) >= 11 is 0. The molecule has 1 aliphatic heterocycles. The second-order valence-corrected chi connectivity index (χ2v) is 4.10. The molecule has 100 valence electrons. The minimum absolute atomic E-state index is 0.0639. The molecule has 0 radical (unpaired) electrons. The van der Waals surface area contributed by atoms with E-state index in [1.165, 1.54) is 0 Å². The fourth-order valence-electron chi connectivity index (χ4n) is 1.73. The summed E-state index contributed by atoms with van der Waals surface area (Å²) < 4.78 is 0. The number of H-pyrrole nitrogens is 1. The number of pyridine rings is 1. The van der Waals surface area contributed by atoms with E-state index in [1.807, 2.05) is 0 Å². The summed E-state index contributed by atoms with van der Waals surface area (Å²) in [7, 11) is 0. The van der Waals surface area contributed by atoms with Gasteiger partial charge in [0.25, 0.3) is 11.5 Å². The van der Waals surface area contributed by atoms with Gasteiger partial charge in [0, 0.05) is 18.6 Å². The number of piperidine rings is 1. The molecule has 1 unspecified atom stereocenters. The van der Waals surface area contributed by atoms with E-state index < -0.39 is 29.3 Å². The number of carbonyl (C=O) groups is 3. The molecule has 1 fully saturated rings. The lowest BCUT2D eigenvalue weighted by Gasteiger charge is -2.21. The van der Waals surface area contributed by atoms with Crippen molar-refractivity contribution in [2.45, 2.75) is 18.9 Å². The van der Waals surface area contributed by atoms with Gasteiger partial charge in [-0.3, -0.25) is 29.5 Å². The number of aromatic hydroxyl groups is 1. The van der Waals surface area contributed by atoms with Gasteiger partial charge in [-0.2, -0.15) is 0 Å². The van der Waals surface area contributed by atoms with E-state index in [4.69, 9.17) is 0 Å². The van der Waals surface area contributed by atoms with Gasteiger partial charge in [-0.1, -0.05) is 0 Å². The highest BCUT2D eigenvalue weighted by Gasteiger charge is 2.28. The molecule has 8 nitrogen and oxygen atoms in total. The minimum atomic E-state index is -0.827. The second-order valence-electron chi connectivity index (χ2n) is 4.10. The third-order valence-corrected chi connectivity index (χ3v) is 2.64. The van der Waals surface area contributed by atoms with E-state index in [0.29, 0.717) is 0 Å². The zero-order valence-corrected chi connectivity index (χ0v) is 9.73. The lowest BCUT2D eigenvalue weighted by atomic mass is 10.1. The van der Waals surface area contributed by atoms with E-state index in [9.17, 15) is 24.3 Å². The summed E-state index contributed by atoms with van der Waals surface area (Å²) in [4.78, 5) is 47.4. The number of aromatic nitrogens is 1. The number of imide groups is 1. The highest BCUT2D eigenvalue weighted by molar-refractivity contribution is 6.03. The molecule has 0 aliphatic carbocycles. The van der Waals surface area contributed by atoms with Crippen LogP contribution in [0, 0.1) is 0 Å².